The molecule has 0 unspecified atom stereocenters. The van der Waals surface area contributed by atoms with Crippen LogP contribution < -0.4 is 4.90 Å². The molecular formula is C54H35NO. The van der Waals surface area contributed by atoms with Crippen molar-refractivity contribution in [2.24, 2.45) is 0 Å². The number of hydrogen-bond acceptors (Lipinski definition) is 2. The summed E-state index contributed by atoms with van der Waals surface area (Å²) in [6.45, 7) is 0. The van der Waals surface area contributed by atoms with Gasteiger partial charge in [-0.05, 0) is 120 Å². The molecule has 1 heterocycles. The normalized spacial score (nSPS) is 11.6. The summed E-state index contributed by atoms with van der Waals surface area (Å²) < 4.78 is 6.81. The molecule has 0 saturated heterocycles. The molecule has 11 aromatic rings. The highest BCUT2D eigenvalue weighted by molar-refractivity contribution is 6.15. The Morgan fingerprint density at radius 1 is 0.304 bits per heavy atom. The van der Waals surface area contributed by atoms with E-state index in [1.54, 1.807) is 0 Å². The molecule has 0 aliphatic heterocycles. The van der Waals surface area contributed by atoms with Gasteiger partial charge in [-0.15, -0.1) is 0 Å². The van der Waals surface area contributed by atoms with Gasteiger partial charge >= 0.3 is 0 Å². The largest absolute Gasteiger partial charge is 0.454 e. The molecule has 0 radical (unpaired) electrons. The summed E-state index contributed by atoms with van der Waals surface area (Å²) in [6.07, 6.45) is 0. The molecule has 0 aliphatic carbocycles. The van der Waals surface area contributed by atoms with E-state index >= 15 is 0 Å². The van der Waals surface area contributed by atoms with Crippen molar-refractivity contribution in [2.75, 3.05) is 4.90 Å². The predicted molar refractivity (Wildman–Crippen MR) is 237 cm³/mol. The van der Waals surface area contributed by atoms with Gasteiger partial charge in [0, 0.05) is 22.1 Å². The van der Waals surface area contributed by atoms with E-state index in [9.17, 15) is 0 Å². The molecule has 2 nitrogen and oxygen atoms in total. The van der Waals surface area contributed by atoms with Crippen LogP contribution in [0.15, 0.2) is 217 Å². The molecule has 0 fully saturated rings. The molecular weight excluding hydrogens is 679 g/mol. The van der Waals surface area contributed by atoms with Crippen LogP contribution in [-0.2, 0) is 0 Å². The Hall–Kier alpha value is -7.42. The second-order valence-electron chi connectivity index (χ2n) is 14.5. The quantitative estimate of drug-likeness (QED) is 0.160. The van der Waals surface area contributed by atoms with Crippen LogP contribution in [0.4, 0.5) is 17.1 Å². The van der Waals surface area contributed by atoms with Crippen LogP contribution in [0.1, 0.15) is 0 Å². The predicted octanol–water partition coefficient (Wildman–Crippen LogP) is 15.5. The third-order valence-electron chi connectivity index (χ3n) is 11.2. The summed E-state index contributed by atoms with van der Waals surface area (Å²) in [5.41, 5.74) is 11.9. The minimum absolute atomic E-state index is 0.862. The van der Waals surface area contributed by atoms with E-state index < -0.39 is 0 Å². The third-order valence-corrected chi connectivity index (χ3v) is 11.2. The Morgan fingerprint density at radius 3 is 1.71 bits per heavy atom. The molecule has 2 heteroatoms. The van der Waals surface area contributed by atoms with Gasteiger partial charge in [-0.2, -0.15) is 0 Å². The summed E-state index contributed by atoms with van der Waals surface area (Å²) in [5.74, 6) is 0. The second kappa shape index (κ2) is 13.2. The Bertz CT molecular complexity index is 3250. The fourth-order valence-corrected chi connectivity index (χ4v) is 8.49. The summed E-state index contributed by atoms with van der Waals surface area (Å²) in [7, 11) is 0. The van der Waals surface area contributed by atoms with E-state index in [0.717, 1.165) is 50.1 Å². The van der Waals surface area contributed by atoms with Gasteiger partial charge < -0.3 is 9.32 Å². The van der Waals surface area contributed by atoms with Crippen LogP contribution >= 0.6 is 0 Å². The zero-order valence-corrected chi connectivity index (χ0v) is 30.6. The lowest BCUT2D eigenvalue weighted by Gasteiger charge is -2.26. The molecule has 262 valence electrons. The van der Waals surface area contributed by atoms with Crippen LogP contribution in [0.25, 0.3) is 87.6 Å². The third kappa shape index (κ3) is 5.42. The van der Waals surface area contributed by atoms with Crippen LogP contribution in [0, 0.1) is 0 Å². The number of furan rings is 1. The molecule has 0 aliphatic rings. The van der Waals surface area contributed by atoms with Crippen molar-refractivity contribution in [1.29, 1.82) is 0 Å². The molecule has 10 aromatic carbocycles. The molecule has 0 spiro atoms. The molecule has 0 atom stereocenters. The smallest absolute Gasteiger partial charge is 0.159 e. The SMILES string of the molecule is c1ccc(-c2ccc(N(c3cccc(-c4cccc(-c5cc6ccccc6c6ccccc56)c4)c3)c3cccc4c3oc3cc5ccccc5cc34)cc2)cc1. The molecule has 0 saturated carbocycles. The van der Waals surface area contributed by atoms with Gasteiger partial charge in [0.25, 0.3) is 0 Å². The second-order valence-corrected chi connectivity index (χ2v) is 14.5. The summed E-state index contributed by atoms with van der Waals surface area (Å²) in [5, 5.41) is 9.64. The number of benzene rings is 10. The van der Waals surface area contributed by atoms with Gasteiger partial charge in [-0.3, -0.25) is 0 Å². The van der Waals surface area contributed by atoms with Gasteiger partial charge in [-0.1, -0.05) is 158 Å². The summed E-state index contributed by atoms with van der Waals surface area (Å²) >= 11 is 0. The van der Waals surface area contributed by atoms with Gasteiger partial charge in [-0.25, -0.2) is 0 Å². The molecule has 11 rings (SSSR count). The zero-order chi connectivity index (χ0) is 37.0. The Labute approximate surface area is 325 Å². The Kier molecular flexibility index (Phi) is 7.53. The maximum Gasteiger partial charge on any atom is 0.159 e. The first-order valence-electron chi connectivity index (χ1n) is 19.2. The number of anilines is 3. The Balaban J connectivity index is 1.07. The van der Waals surface area contributed by atoms with Crippen LogP contribution in [-0.4, -0.2) is 0 Å². The first-order valence-corrected chi connectivity index (χ1v) is 19.2. The molecule has 0 amide bonds. The number of para-hydroxylation sites is 1. The van der Waals surface area contributed by atoms with Crippen molar-refractivity contribution in [3.05, 3.63) is 212 Å². The van der Waals surface area contributed by atoms with E-state index in [2.05, 4.69) is 217 Å². The summed E-state index contributed by atoms with van der Waals surface area (Å²) in [4.78, 5) is 2.34. The highest BCUT2D eigenvalue weighted by Gasteiger charge is 2.20. The lowest BCUT2D eigenvalue weighted by molar-refractivity contribution is 0.669. The number of fused-ring (bicyclic) bond motifs is 7. The fraction of sp³-hybridized carbons (Fsp3) is 0. The van der Waals surface area contributed by atoms with E-state index in [4.69, 9.17) is 4.42 Å². The monoisotopic (exact) mass is 713 g/mol. The van der Waals surface area contributed by atoms with Crippen molar-refractivity contribution in [3.8, 4) is 33.4 Å². The number of rotatable bonds is 6. The topological polar surface area (TPSA) is 16.4 Å². The lowest BCUT2D eigenvalue weighted by Crippen LogP contribution is -2.10. The van der Waals surface area contributed by atoms with Crippen molar-refractivity contribution in [2.45, 2.75) is 0 Å². The van der Waals surface area contributed by atoms with E-state index in [-0.39, 0.29) is 0 Å². The van der Waals surface area contributed by atoms with Crippen molar-refractivity contribution in [1.82, 2.24) is 0 Å². The minimum atomic E-state index is 0.862. The van der Waals surface area contributed by atoms with Crippen molar-refractivity contribution < 1.29 is 4.42 Å². The molecule has 56 heavy (non-hydrogen) atoms. The summed E-state index contributed by atoms with van der Waals surface area (Å²) in [6, 6.07) is 76.4. The average Bonchev–Trinajstić information content (AvgIpc) is 3.64. The van der Waals surface area contributed by atoms with E-state index in [1.807, 2.05) is 0 Å². The molecule has 0 bridgehead atoms. The van der Waals surface area contributed by atoms with Crippen LogP contribution in [0.5, 0.6) is 0 Å². The maximum atomic E-state index is 6.81. The van der Waals surface area contributed by atoms with Crippen molar-refractivity contribution in [3.63, 3.8) is 0 Å². The first-order chi connectivity index (χ1) is 27.7. The minimum Gasteiger partial charge on any atom is -0.454 e. The van der Waals surface area contributed by atoms with Gasteiger partial charge in [0.05, 0.1) is 5.69 Å². The van der Waals surface area contributed by atoms with Gasteiger partial charge in [0.15, 0.2) is 5.58 Å². The first kappa shape index (κ1) is 32.0. The lowest BCUT2D eigenvalue weighted by atomic mass is 9.92. The average molecular weight is 714 g/mol. The van der Waals surface area contributed by atoms with Crippen molar-refractivity contribution >= 4 is 71.3 Å². The maximum absolute atomic E-state index is 6.81. The fourth-order valence-electron chi connectivity index (χ4n) is 8.49. The van der Waals surface area contributed by atoms with E-state index in [1.165, 1.54) is 54.6 Å². The van der Waals surface area contributed by atoms with Gasteiger partial charge in [0.1, 0.15) is 5.58 Å². The standard InChI is InChI=1S/C54H35NO/c1-2-13-36(14-3-1)37-27-29-44(30-28-37)55(52-26-12-25-49-51-33-40-15-4-5-16-41(40)35-53(51)56-54(49)52)45-21-11-19-39(32-45)38-18-10-20-42(31-38)50-34-43-17-6-7-22-46(43)47-23-8-9-24-48(47)50/h1-35H. The highest BCUT2D eigenvalue weighted by atomic mass is 16.3. The number of nitrogens with zero attached hydrogens (tertiary/aromatic N) is 1. The molecule has 1 aromatic heterocycles. The zero-order valence-electron chi connectivity index (χ0n) is 30.6. The van der Waals surface area contributed by atoms with Crippen LogP contribution in [0.2, 0.25) is 0 Å². The number of hydrogen-bond donors (Lipinski definition) is 0. The van der Waals surface area contributed by atoms with Gasteiger partial charge in [0.2, 0.25) is 0 Å². The van der Waals surface area contributed by atoms with E-state index in [0.29, 0.717) is 0 Å². The molecule has 0 N–H and O–H groups in total. The highest BCUT2D eigenvalue weighted by Crippen LogP contribution is 2.44. The Morgan fingerprint density at radius 2 is 0.893 bits per heavy atom. The van der Waals surface area contributed by atoms with Crippen LogP contribution in [0.3, 0.4) is 0 Å².